The number of nitriles is 2. The summed E-state index contributed by atoms with van der Waals surface area (Å²) >= 11 is 0. The Kier molecular flexibility index (Phi) is 5.33. The molecule has 4 aromatic rings. The van der Waals surface area contributed by atoms with Crippen LogP contribution in [0.5, 0.6) is 11.5 Å². The summed E-state index contributed by atoms with van der Waals surface area (Å²) in [6, 6.07) is 28.5. The quantitative estimate of drug-likeness (QED) is 0.357. The molecule has 4 aromatic carbocycles. The lowest BCUT2D eigenvalue weighted by Gasteiger charge is -2.30. The first-order valence-electron chi connectivity index (χ1n) is 12.3. The predicted octanol–water partition coefficient (Wildman–Crippen LogP) is 5.89. The normalized spacial score (nSPS) is 18.1. The van der Waals surface area contributed by atoms with Gasteiger partial charge in [-0.3, -0.25) is 0 Å². The third-order valence-corrected chi connectivity index (χ3v) is 7.31. The van der Waals surface area contributed by atoms with Crippen molar-refractivity contribution in [1.29, 1.82) is 10.5 Å². The molecule has 2 atom stereocenters. The lowest BCUT2D eigenvalue weighted by molar-refractivity contribution is 0.393. The van der Waals surface area contributed by atoms with Gasteiger partial charge in [0.05, 0.1) is 11.8 Å². The van der Waals surface area contributed by atoms with Crippen molar-refractivity contribution in [1.82, 2.24) is 0 Å². The molecule has 6 heteroatoms. The second-order valence-electron chi connectivity index (χ2n) is 9.74. The van der Waals surface area contributed by atoms with E-state index < -0.39 is 0 Å². The van der Waals surface area contributed by atoms with Gasteiger partial charge in [-0.25, -0.2) is 0 Å². The zero-order valence-corrected chi connectivity index (χ0v) is 20.9. The number of rotatable bonds is 2. The van der Waals surface area contributed by atoms with Gasteiger partial charge in [-0.05, 0) is 25.0 Å². The minimum atomic E-state index is -0.361. The standard InChI is InChI=1S/C32H24N4O2/c1-17-5-3-7-19(13-17)27-23-11-9-22-21(29(23)37-31(35)25(27)15-33)10-12-24-28(20-8-4-6-18(2)14-20)26(16-34)32(36)38-30(22)24/h3-14,27-28H,35-36H2,1-2H3. The molecule has 6 rings (SSSR count). The molecule has 2 aliphatic heterocycles. The minimum absolute atomic E-state index is 0.0847. The van der Waals surface area contributed by atoms with Crippen LogP contribution in [0.25, 0.3) is 10.8 Å². The molecule has 0 fully saturated rings. The highest BCUT2D eigenvalue weighted by Gasteiger charge is 2.35. The highest BCUT2D eigenvalue weighted by molar-refractivity contribution is 5.97. The van der Waals surface area contributed by atoms with Crippen molar-refractivity contribution < 1.29 is 9.47 Å². The first-order valence-corrected chi connectivity index (χ1v) is 12.3. The van der Waals surface area contributed by atoms with E-state index >= 15 is 0 Å². The SMILES string of the molecule is Cc1cccc(C2C(C#N)=C(N)Oc3c2ccc2c4c(ccc32)C(c2cccc(C)c2)C(C#N)=C(N)O4)c1. The molecule has 6 nitrogen and oxygen atoms in total. The summed E-state index contributed by atoms with van der Waals surface area (Å²) in [6.07, 6.45) is 0. The van der Waals surface area contributed by atoms with Crippen LogP contribution in [0, 0.1) is 36.5 Å². The van der Waals surface area contributed by atoms with Crippen molar-refractivity contribution in [3.8, 4) is 23.6 Å². The second-order valence-corrected chi connectivity index (χ2v) is 9.74. The molecule has 0 aliphatic carbocycles. The van der Waals surface area contributed by atoms with Gasteiger partial charge >= 0.3 is 0 Å². The molecule has 0 saturated heterocycles. The summed E-state index contributed by atoms with van der Waals surface area (Å²) in [5, 5.41) is 21.5. The van der Waals surface area contributed by atoms with E-state index in [0.29, 0.717) is 22.6 Å². The molecule has 2 aliphatic rings. The monoisotopic (exact) mass is 496 g/mol. The fourth-order valence-corrected chi connectivity index (χ4v) is 5.62. The van der Waals surface area contributed by atoms with Crippen LogP contribution in [0.1, 0.15) is 45.2 Å². The molecule has 2 heterocycles. The minimum Gasteiger partial charge on any atom is -0.440 e. The second kappa shape index (κ2) is 8.73. The highest BCUT2D eigenvalue weighted by Crippen LogP contribution is 2.50. The number of hydrogen-bond acceptors (Lipinski definition) is 6. The Bertz CT molecular complexity index is 1670. The van der Waals surface area contributed by atoms with Crippen molar-refractivity contribution in [3.63, 3.8) is 0 Å². The summed E-state index contributed by atoms with van der Waals surface area (Å²) in [5.74, 6) is 0.610. The third kappa shape index (κ3) is 3.47. The van der Waals surface area contributed by atoms with E-state index in [4.69, 9.17) is 20.9 Å². The molecule has 184 valence electrons. The summed E-state index contributed by atoms with van der Waals surface area (Å²) in [5.41, 5.74) is 19.2. The van der Waals surface area contributed by atoms with Gasteiger partial charge < -0.3 is 20.9 Å². The average Bonchev–Trinajstić information content (AvgIpc) is 2.91. The maximum atomic E-state index is 9.96. The highest BCUT2D eigenvalue weighted by atomic mass is 16.5. The molecule has 38 heavy (non-hydrogen) atoms. The van der Waals surface area contributed by atoms with Crippen LogP contribution in [0.3, 0.4) is 0 Å². The average molecular weight is 497 g/mol. The maximum Gasteiger partial charge on any atom is 0.205 e. The molecular weight excluding hydrogens is 472 g/mol. The Morgan fingerprint density at radius 1 is 0.632 bits per heavy atom. The molecule has 0 amide bonds. The topological polar surface area (TPSA) is 118 Å². The van der Waals surface area contributed by atoms with E-state index in [-0.39, 0.29) is 23.6 Å². The van der Waals surface area contributed by atoms with Crippen molar-refractivity contribution in [2.24, 2.45) is 11.5 Å². The number of aryl methyl sites for hydroxylation is 2. The number of hydrogen-bond donors (Lipinski definition) is 2. The first-order chi connectivity index (χ1) is 18.4. The van der Waals surface area contributed by atoms with E-state index in [1.54, 1.807) is 0 Å². The maximum absolute atomic E-state index is 9.96. The lowest BCUT2D eigenvalue weighted by atomic mass is 9.80. The Labute approximate surface area is 220 Å². The van der Waals surface area contributed by atoms with Crippen LogP contribution >= 0.6 is 0 Å². The van der Waals surface area contributed by atoms with Crippen molar-refractivity contribution in [3.05, 3.63) is 129 Å². The zero-order valence-electron chi connectivity index (χ0n) is 20.9. The van der Waals surface area contributed by atoms with Crippen molar-refractivity contribution in [2.75, 3.05) is 0 Å². The van der Waals surface area contributed by atoms with E-state index in [9.17, 15) is 10.5 Å². The van der Waals surface area contributed by atoms with Crippen LogP contribution in [0.2, 0.25) is 0 Å². The number of ether oxygens (including phenoxy) is 2. The summed E-state index contributed by atoms with van der Waals surface area (Å²) in [6.45, 7) is 4.04. The number of fused-ring (bicyclic) bond motifs is 5. The molecule has 2 unspecified atom stereocenters. The Morgan fingerprint density at radius 2 is 1.05 bits per heavy atom. The number of benzene rings is 4. The van der Waals surface area contributed by atoms with E-state index in [2.05, 4.69) is 24.3 Å². The van der Waals surface area contributed by atoms with Gasteiger partial charge in [0.1, 0.15) is 34.8 Å². The van der Waals surface area contributed by atoms with E-state index in [1.165, 1.54) is 0 Å². The third-order valence-electron chi connectivity index (χ3n) is 7.31. The van der Waals surface area contributed by atoms with Crippen molar-refractivity contribution in [2.45, 2.75) is 25.7 Å². The number of nitrogens with zero attached hydrogens (tertiary/aromatic N) is 2. The molecule has 0 spiro atoms. The van der Waals surface area contributed by atoms with Crippen LogP contribution < -0.4 is 20.9 Å². The summed E-state index contributed by atoms with van der Waals surface area (Å²) in [7, 11) is 0. The first kappa shape index (κ1) is 23.2. The largest absolute Gasteiger partial charge is 0.440 e. The Balaban J connectivity index is 1.59. The Hall–Kier alpha value is -5.20. The van der Waals surface area contributed by atoms with Gasteiger partial charge in [0.15, 0.2) is 0 Å². The molecule has 0 saturated carbocycles. The summed E-state index contributed by atoms with van der Waals surface area (Å²) < 4.78 is 12.2. The molecule has 0 aromatic heterocycles. The molecule has 4 N–H and O–H groups in total. The molecule has 0 radical (unpaired) electrons. The molecular formula is C32H24N4O2. The van der Waals surface area contributed by atoms with Gasteiger partial charge in [-0.2, -0.15) is 10.5 Å². The molecule has 0 bridgehead atoms. The van der Waals surface area contributed by atoms with Crippen LogP contribution in [0.4, 0.5) is 0 Å². The van der Waals surface area contributed by atoms with E-state index in [0.717, 1.165) is 44.2 Å². The fraction of sp³-hybridized carbons (Fsp3) is 0.125. The predicted molar refractivity (Wildman–Crippen MR) is 145 cm³/mol. The Morgan fingerprint density at radius 3 is 1.42 bits per heavy atom. The summed E-state index contributed by atoms with van der Waals surface area (Å²) in [4.78, 5) is 0. The van der Waals surface area contributed by atoms with Crippen LogP contribution in [-0.2, 0) is 0 Å². The van der Waals surface area contributed by atoms with Crippen molar-refractivity contribution >= 4 is 10.8 Å². The van der Waals surface area contributed by atoms with Gasteiger partial charge in [-0.1, -0.05) is 83.9 Å². The van der Waals surface area contributed by atoms with E-state index in [1.807, 2.05) is 74.5 Å². The lowest BCUT2D eigenvalue weighted by Crippen LogP contribution is -2.22. The number of nitrogens with two attached hydrogens (primary N) is 2. The van der Waals surface area contributed by atoms with Crippen LogP contribution in [0.15, 0.2) is 95.7 Å². The smallest absolute Gasteiger partial charge is 0.205 e. The van der Waals surface area contributed by atoms with Crippen LogP contribution in [-0.4, -0.2) is 0 Å². The number of allylic oxidation sites excluding steroid dienone is 2. The fourth-order valence-electron chi connectivity index (χ4n) is 5.62. The zero-order chi connectivity index (χ0) is 26.6. The van der Waals surface area contributed by atoms with Gasteiger partial charge in [0.2, 0.25) is 11.8 Å². The van der Waals surface area contributed by atoms with Gasteiger partial charge in [0, 0.05) is 21.9 Å². The van der Waals surface area contributed by atoms with Gasteiger partial charge in [0.25, 0.3) is 0 Å². The van der Waals surface area contributed by atoms with Gasteiger partial charge in [-0.15, -0.1) is 0 Å².